The van der Waals surface area contributed by atoms with Crippen molar-refractivity contribution in [3.8, 4) is 0 Å². The van der Waals surface area contributed by atoms with Gasteiger partial charge in [-0.05, 0) is 12.0 Å². The summed E-state index contributed by atoms with van der Waals surface area (Å²) in [6, 6.07) is 10.1. The van der Waals surface area contributed by atoms with Crippen molar-refractivity contribution in [2.45, 2.75) is 12.6 Å². The van der Waals surface area contributed by atoms with Crippen molar-refractivity contribution in [3.63, 3.8) is 0 Å². The van der Waals surface area contributed by atoms with Crippen molar-refractivity contribution in [1.29, 1.82) is 0 Å². The average Bonchev–Trinajstić information content (AvgIpc) is 2.45. The van der Waals surface area contributed by atoms with Crippen LogP contribution in [-0.4, -0.2) is 65.8 Å². The van der Waals surface area contributed by atoms with Gasteiger partial charge in [0.05, 0.1) is 26.0 Å². The lowest BCUT2D eigenvalue weighted by Gasteiger charge is -2.30. The normalized spacial score (nSPS) is 12.8. The number of benzene rings is 1. The molecule has 4 N–H and O–H groups in total. The Morgan fingerprint density at radius 3 is 2.16 bits per heavy atom. The maximum Gasteiger partial charge on any atom is 0.0837 e. The largest absolute Gasteiger partial charge is 0.395 e. The van der Waals surface area contributed by atoms with Gasteiger partial charge in [-0.2, -0.15) is 0 Å². The molecule has 0 fully saturated rings. The van der Waals surface area contributed by atoms with Crippen molar-refractivity contribution in [1.82, 2.24) is 10.2 Å². The standard InChI is InChI=1S/C14H24N2O3/c17-10-8-16(9-11-18)14(12-19)15-7-6-13-4-2-1-3-5-13/h1-5,14-15,17-19H,6-12H2. The van der Waals surface area contributed by atoms with Crippen LogP contribution in [0.15, 0.2) is 30.3 Å². The van der Waals surface area contributed by atoms with Gasteiger partial charge >= 0.3 is 0 Å². The summed E-state index contributed by atoms with van der Waals surface area (Å²) in [7, 11) is 0. The number of aliphatic hydroxyl groups is 3. The quantitative estimate of drug-likeness (QED) is 0.427. The van der Waals surface area contributed by atoms with Gasteiger partial charge in [-0.15, -0.1) is 0 Å². The molecule has 0 aliphatic heterocycles. The maximum atomic E-state index is 9.38. The topological polar surface area (TPSA) is 76.0 Å². The second-order valence-electron chi connectivity index (χ2n) is 4.37. The minimum Gasteiger partial charge on any atom is -0.395 e. The van der Waals surface area contributed by atoms with E-state index >= 15 is 0 Å². The van der Waals surface area contributed by atoms with Gasteiger partial charge in [0.25, 0.3) is 0 Å². The first kappa shape index (κ1) is 16.1. The summed E-state index contributed by atoms with van der Waals surface area (Å²) in [5.74, 6) is 0. The summed E-state index contributed by atoms with van der Waals surface area (Å²) in [5.41, 5.74) is 1.24. The molecule has 0 bridgehead atoms. The van der Waals surface area contributed by atoms with E-state index < -0.39 is 0 Å². The monoisotopic (exact) mass is 268 g/mol. The van der Waals surface area contributed by atoms with Crippen LogP contribution < -0.4 is 5.32 Å². The molecule has 1 aromatic carbocycles. The lowest BCUT2D eigenvalue weighted by Crippen LogP contribution is -2.50. The zero-order chi connectivity index (χ0) is 13.9. The molecule has 1 rings (SSSR count). The molecule has 0 saturated heterocycles. The lowest BCUT2D eigenvalue weighted by molar-refractivity contribution is 0.0666. The van der Waals surface area contributed by atoms with Crippen molar-refractivity contribution in [2.24, 2.45) is 0 Å². The van der Waals surface area contributed by atoms with E-state index in [0.717, 1.165) is 13.0 Å². The van der Waals surface area contributed by atoms with Crippen LogP contribution in [-0.2, 0) is 6.42 Å². The molecule has 1 unspecified atom stereocenters. The molecule has 5 nitrogen and oxygen atoms in total. The first-order chi connectivity index (χ1) is 9.31. The predicted molar refractivity (Wildman–Crippen MR) is 74.8 cm³/mol. The van der Waals surface area contributed by atoms with E-state index in [1.807, 2.05) is 23.1 Å². The van der Waals surface area contributed by atoms with E-state index in [9.17, 15) is 5.11 Å². The molecular weight excluding hydrogens is 244 g/mol. The van der Waals surface area contributed by atoms with Gasteiger partial charge in [0.2, 0.25) is 0 Å². The van der Waals surface area contributed by atoms with Crippen LogP contribution in [0.4, 0.5) is 0 Å². The second kappa shape index (κ2) is 9.89. The molecule has 0 aromatic heterocycles. The number of nitrogens with one attached hydrogen (secondary N) is 1. The van der Waals surface area contributed by atoms with Crippen LogP contribution in [0.1, 0.15) is 5.56 Å². The Bertz CT molecular complexity index is 316. The fourth-order valence-corrected chi connectivity index (χ4v) is 2.02. The summed E-state index contributed by atoms with van der Waals surface area (Å²) in [4.78, 5) is 1.84. The van der Waals surface area contributed by atoms with Gasteiger partial charge in [-0.1, -0.05) is 30.3 Å². The van der Waals surface area contributed by atoms with Crippen LogP contribution in [0.5, 0.6) is 0 Å². The van der Waals surface area contributed by atoms with Gasteiger partial charge in [0.1, 0.15) is 0 Å². The average molecular weight is 268 g/mol. The van der Waals surface area contributed by atoms with Gasteiger partial charge in [-0.25, -0.2) is 0 Å². The maximum absolute atomic E-state index is 9.38. The molecule has 0 amide bonds. The van der Waals surface area contributed by atoms with Gasteiger partial charge < -0.3 is 15.3 Å². The van der Waals surface area contributed by atoms with Crippen LogP contribution in [0, 0.1) is 0 Å². The lowest BCUT2D eigenvalue weighted by atomic mass is 10.1. The van der Waals surface area contributed by atoms with E-state index in [4.69, 9.17) is 10.2 Å². The molecule has 19 heavy (non-hydrogen) atoms. The minimum absolute atomic E-state index is 0.0108. The smallest absolute Gasteiger partial charge is 0.0837 e. The first-order valence-corrected chi connectivity index (χ1v) is 6.65. The highest BCUT2D eigenvalue weighted by atomic mass is 16.3. The van der Waals surface area contributed by atoms with Gasteiger partial charge in [-0.3, -0.25) is 10.2 Å². The number of hydrogen-bond donors (Lipinski definition) is 4. The molecular formula is C14H24N2O3. The van der Waals surface area contributed by atoms with E-state index in [1.165, 1.54) is 5.56 Å². The second-order valence-corrected chi connectivity index (χ2v) is 4.37. The van der Waals surface area contributed by atoms with Crippen molar-refractivity contribution >= 4 is 0 Å². The Morgan fingerprint density at radius 2 is 1.63 bits per heavy atom. The Labute approximate surface area is 114 Å². The zero-order valence-electron chi connectivity index (χ0n) is 11.2. The van der Waals surface area contributed by atoms with Crippen LogP contribution >= 0.6 is 0 Å². The molecule has 5 heteroatoms. The SMILES string of the molecule is OCCN(CCO)C(CO)NCCc1ccccc1. The Kier molecular flexibility index (Phi) is 8.36. The minimum atomic E-state index is -0.233. The molecule has 1 aromatic rings. The Hall–Kier alpha value is -0.980. The van der Waals surface area contributed by atoms with Crippen LogP contribution in [0.25, 0.3) is 0 Å². The van der Waals surface area contributed by atoms with Crippen LogP contribution in [0.3, 0.4) is 0 Å². The van der Waals surface area contributed by atoms with E-state index in [0.29, 0.717) is 13.1 Å². The summed E-state index contributed by atoms with van der Waals surface area (Å²) < 4.78 is 0. The predicted octanol–water partition coefficient (Wildman–Crippen LogP) is -0.576. The summed E-state index contributed by atoms with van der Waals surface area (Å²) in [5, 5.41) is 30.6. The number of aliphatic hydroxyl groups excluding tert-OH is 3. The Balaban J connectivity index is 2.38. The molecule has 0 saturated carbocycles. The van der Waals surface area contributed by atoms with Crippen molar-refractivity contribution < 1.29 is 15.3 Å². The highest BCUT2D eigenvalue weighted by Crippen LogP contribution is 2.00. The third kappa shape index (κ3) is 6.13. The molecule has 0 aliphatic carbocycles. The van der Waals surface area contributed by atoms with E-state index in [-0.39, 0.29) is 26.0 Å². The number of hydrogen-bond acceptors (Lipinski definition) is 5. The molecule has 1 atom stereocenters. The van der Waals surface area contributed by atoms with Gasteiger partial charge in [0, 0.05) is 19.6 Å². The number of rotatable bonds is 10. The fourth-order valence-electron chi connectivity index (χ4n) is 2.02. The molecule has 0 heterocycles. The third-order valence-corrected chi connectivity index (χ3v) is 3.02. The highest BCUT2D eigenvalue weighted by Gasteiger charge is 2.15. The van der Waals surface area contributed by atoms with Crippen LogP contribution in [0.2, 0.25) is 0 Å². The molecule has 0 aliphatic rings. The van der Waals surface area contributed by atoms with Gasteiger partial charge in [0.15, 0.2) is 0 Å². The van der Waals surface area contributed by atoms with Crippen molar-refractivity contribution in [2.75, 3.05) is 39.5 Å². The Morgan fingerprint density at radius 1 is 1.00 bits per heavy atom. The molecule has 0 radical (unpaired) electrons. The number of nitrogens with zero attached hydrogens (tertiary/aromatic N) is 1. The fraction of sp³-hybridized carbons (Fsp3) is 0.571. The highest BCUT2D eigenvalue weighted by molar-refractivity contribution is 5.14. The first-order valence-electron chi connectivity index (χ1n) is 6.65. The summed E-state index contributed by atoms with van der Waals surface area (Å²) in [6.45, 7) is 1.58. The molecule has 0 spiro atoms. The molecule has 108 valence electrons. The third-order valence-electron chi connectivity index (χ3n) is 3.02. The summed E-state index contributed by atoms with van der Waals surface area (Å²) in [6.07, 6.45) is 0.645. The van der Waals surface area contributed by atoms with E-state index in [1.54, 1.807) is 0 Å². The summed E-state index contributed by atoms with van der Waals surface area (Å²) >= 11 is 0. The van der Waals surface area contributed by atoms with E-state index in [2.05, 4.69) is 17.4 Å². The van der Waals surface area contributed by atoms with Crippen molar-refractivity contribution in [3.05, 3.63) is 35.9 Å². The zero-order valence-corrected chi connectivity index (χ0v) is 11.2.